The average molecular weight is 259 g/mol. The lowest BCUT2D eigenvalue weighted by Gasteiger charge is -2.19. The van der Waals surface area contributed by atoms with Crippen LogP contribution in [-0.4, -0.2) is 16.9 Å². The topological polar surface area (TPSA) is 57.6 Å². The van der Waals surface area contributed by atoms with E-state index in [1.54, 1.807) is 19.1 Å². The molecule has 0 aromatic heterocycles. The zero-order valence-corrected chi connectivity index (χ0v) is 10.9. The molecule has 100 valence electrons. The second-order valence-corrected chi connectivity index (χ2v) is 5.48. The standard InChI is InChI=1S/C15H17NO3/c1-9-8-10(17)6-7-13(9)16-14(18)11-4-2-3-5-12(11)15(16)19/h6-8,11-12,17H,2-5H2,1H3/t11-,12+. The summed E-state index contributed by atoms with van der Waals surface area (Å²) in [5, 5.41) is 9.43. The van der Waals surface area contributed by atoms with Crippen molar-refractivity contribution in [3.8, 4) is 5.75 Å². The molecular weight excluding hydrogens is 242 g/mol. The van der Waals surface area contributed by atoms with Crippen molar-refractivity contribution in [2.75, 3.05) is 4.90 Å². The van der Waals surface area contributed by atoms with Gasteiger partial charge in [-0.15, -0.1) is 0 Å². The van der Waals surface area contributed by atoms with Crippen molar-refractivity contribution < 1.29 is 14.7 Å². The van der Waals surface area contributed by atoms with Crippen LogP contribution >= 0.6 is 0 Å². The van der Waals surface area contributed by atoms with E-state index in [1.165, 1.54) is 11.0 Å². The fourth-order valence-electron chi connectivity index (χ4n) is 3.29. The van der Waals surface area contributed by atoms with Crippen LogP contribution in [0.5, 0.6) is 5.75 Å². The minimum Gasteiger partial charge on any atom is -0.508 e. The highest BCUT2D eigenvalue weighted by Gasteiger charge is 2.48. The van der Waals surface area contributed by atoms with Gasteiger partial charge in [0.1, 0.15) is 5.75 Å². The Morgan fingerprint density at radius 1 is 1.11 bits per heavy atom. The summed E-state index contributed by atoms with van der Waals surface area (Å²) in [6, 6.07) is 4.75. The molecule has 0 radical (unpaired) electrons. The van der Waals surface area contributed by atoms with Crippen molar-refractivity contribution in [2.45, 2.75) is 32.6 Å². The van der Waals surface area contributed by atoms with Gasteiger partial charge in [0.15, 0.2) is 0 Å². The van der Waals surface area contributed by atoms with E-state index in [2.05, 4.69) is 0 Å². The average Bonchev–Trinajstić information content (AvgIpc) is 2.64. The normalized spacial score (nSPS) is 26.7. The van der Waals surface area contributed by atoms with Crippen LogP contribution in [0.25, 0.3) is 0 Å². The minimum atomic E-state index is -0.130. The van der Waals surface area contributed by atoms with Crippen molar-refractivity contribution in [1.29, 1.82) is 0 Å². The molecule has 1 aliphatic heterocycles. The number of fused-ring (bicyclic) bond motifs is 1. The van der Waals surface area contributed by atoms with Crippen LogP contribution < -0.4 is 4.90 Å². The molecule has 1 aliphatic carbocycles. The fourth-order valence-corrected chi connectivity index (χ4v) is 3.29. The van der Waals surface area contributed by atoms with Crippen LogP contribution in [0.2, 0.25) is 0 Å². The fraction of sp³-hybridized carbons (Fsp3) is 0.467. The molecule has 4 nitrogen and oxygen atoms in total. The Kier molecular flexibility index (Phi) is 2.81. The third kappa shape index (κ3) is 1.82. The lowest BCUT2D eigenvalue weighted by atomic mass is 9.81. The second-order valence-electron chi connectivity index (χ2n) is 5.48. The lowest BCUT2D eigenvalue weighted by molar-refractivity contribution is -0.122. The molecular formula is C15H17NO3. The number of nitrogens with zero attached hydrogens (tertiary/aromatic N) is 1. The number of benzene rings is 1. The summed E-state index contributed by atoms with van der Waals surface area (Å²) < 4.78 is 0. The molecule has 0 bridgehead atoms. The zero-order chi connectivity index (χ0) is 13.6. The van der Waals surface area contributed by atoms with Crippen LogP contribution in [0, 0.1) is 18.8 Å². The first kappa shape index (κ1) is 12.2. The maximum atomic E-state index is 12.4. The first-order chi connectivity index (χ1) is 9.09. The van der Waals surface area contributed by atoms with E-state index in [1.807, 2.05) is 0 Å². The van der Waals surface area contributed by atoms with E-state index < -0.39 is 0 Å². The van der Waals surface area contributed by atoms with E-state index in [-0.39, 0.29) is 29.4 Å². The van der Waals surface area contributed by atoms with Gasteiger partial charge in [-0.1, -0.05) is 12.8 Å². The predicted octanol–water partition coefficient (Wildman–Crippen LogP) is 2.38. The Balaban J connectivity index is 2.00. The summed E-state index contributed by atoms with van der Waals surface area (Å²) in [6.45, 7) is 1.80. The van der Waals surface area contributed by atoms with Gasteiger partial charge in [0.25, 0.3) is 0 Å². The minimum absolute atomic E-state index is 0.0662. The quantitative estimate of drug-likeness (QED) is 0.788. The zero-order valence-electron chi connectivity index (χ0n) is 10.9. The van der Waals surface area contributed by atoms with Crippen molar-refractivity contribution >= 4 is 17.5 Å². The van der Waals surface area contributed by atoms with Gasteiger partial charge in [0, 0.05) is 0 Å². The van der Waals surface area contributed by atoms with Gasteiger partial charge in [0.2, 0.25) is 11.8 Å². The highest BCUT2D eigenvalue weighted by molar-refractivity contribution is 6.22. The summed E-state index contributed by atoms with van der Waals surface area (Å²) in [7, 11) is 0. The molecule has 0 unspecified atom stereocenters. The summed E-state index contributed by atoms with van der Waals surface area (Å²) in [6.07, 6.45) is 3.71. The van der Waals surface area contributed by atoms with Gasteiger partial charge < -0.3 is 5.11 Å². The number of imide groups is 1. The largest absolute Gasteiger partial charge is 0.508 e. The van der Waals surface area contributed by atoms with Crippen molar-refractivity contribution in [3.05, 3.63) is 23.8 Å². The number of amides is 2. The van der Waals surface area contributed by atoms with Crippen LogP contribution in [0.3, 0.4) is 0 Å². The molecule has 4 heteroatoms. The Hall–Kier alpha value is -1.84. The molecule has 2 fully saturated rings. The number of phenolic OH excluding ortho intramolecular Hbond substituents is 1. The SMILES string of the molecule is Cc1cc(O)ccc1N1C(=O)[C@H]2CCCC[C@H]2C1=O. The third-order valence-corrected chi connectivity index (χ3v) is 4.26. The highest BCUT2D eigenvalue weighted by Crippen LogP contribution is 2.41. The molecule has 1 heterocycles. The van der Waals surface area contributed by atoms with Gasteiger partial charge >= 0.3 is 0 Å². The number of phenols is 1. The lowest BCUT2D eigenvalue weighted by Crippen LogP contribution is -2.31. The molecule has 2 atom stereocenters. The highest BCUT2D eigenvalue weighted by atomic mass is 16.3. The number of aromatic hydroxyl groups is 1. The van der Waals surface area contributed by atoms with Crippen LogP contribution in [0.15, 0.2) is 18.2 Å². The summed E-state index contributed by atoms with van der Waals surface area (Å²) >= 11 is 0. The Morgan fingerprint density at radius 3 is 2.21 bits per heavy atom. The van der Waals surface area contributed by atoms with Gasteiger partial charge in [-0.2, -0.15) is 0 Å². The molecule has 1 aromatic carbocycles. The molecule has 3 rings (SSSR count). The Labute approximate surface area is 112 Å². The van der Waals surface area contributed by atoms with E-state index in [4.69, 9.17) is 0 Å². The Morgan fingerprint density at radius 2 is 1.68 bits per heavy atom. The van der Waals surface area contributed by atoms with Gasteiger partial charge in [-0.3, -0.25) is 9.59 Å². The van der Waals surface area contributed by atoms with E-state index >= 15 is 0 Å². The first-order valence-corrected chi connectivity index (χ1v) is 6.77. The number of carbonyl (C=O) groups excluding carboxylic acids is 2. The number of rotatable bonds is 1. The summed E-state index contributed by atoms with van der Waals surface area (Å²) in [5.74, 6) is -0.242. The van der Waals surface area contributed by atoms with Crippen molar-refractivity contribution in [3.63, 3.8) is 0 Å². The molecule has 1 saturated heterocycles. The molecule has 1 N–H and O–H groups in total. The van der Waals surface area contributed by atoms with E-state index in [0.717, 1.165) is 31.2 Å². The number of aryl methyl sites for hydroxylation is 1. The van der Waals surface area contributed by atoms with Crippen LogP contribution in [0.4, 0.5) is 5.69 Å². The number of hydrogen-bond donors (Lipinski definition) is 1. The molecule has 2 aliphatic rings. The van der Waals surface area contributed by atoms with Crippen LogP contribution in [-0.2, 0) is 9.59 Å². The monoisotopic (exact) mass is 259 g/mol. The maximum Gasteiger partial charge on any atom is 0.237 e. The Bertz CT molecular complexity index is 528. The van der Waals surface area contributed by atoms with E-state index in [9.17, 15) is 14.7 Å². The third-order valence-electron chi connectivity index (χ3n) is 4.26. The molecule has 19 heavy (non-hydrogen) atoms. The second kappa shape index (κ2) is 4.37. The summed E-state index contributed by atoms with van der Waals surface area (Å²) in [4.78, 5) is 26.2. The molecule has 2 amide bonds. The number of carbonyl (C=O) groups is 2. The van der Waals surface area contributed by atoms with Gasteiger partial charge in [-0.05, 0) is 43.5 Å². The predicted molar refractivity (Wildman–Crippen MR) is 70.8 cm³/mol. The van der Waals surface area contributed by atoms with Crippen molar-refractivity contribution in [2.24, 2.45) is 11.8 Å². The smallest absolute Gasteiger partial charge is 0.237 e. The van der Waals surface area contributed by atoms with Gasteiger partial charge in [0.05, 0.1) is 17.5 Å². The number of anilines is 1. The molecule has 1 saturated carbocycles. The van der Waals surface area contributed by atoms with Crippen LogP contribution in [0.1, 0.15) is 31.2 Å². The molecule has 0 spiro atoms. The molecule has 1 aromatic rings. The first-order valence-electron chi connectivity index (χ1n) is 6.77. The summed E-state index contributed by atoms with van der Waals surface area (Å²) in [5.41, 5.74) is 1.36. The van der Waals surface area contributed by atoms with Crippen molar-refractivity contribution in [1.82, 2.24) is 0 Å². The number of hydrogen-bond acceptors (Lipinski definition) is 3. The van der Waals surface area contributed by atoms with Gasteiger partial charge in [-0.25, -0.2) is 4.90 Å². The maximum absolute atomic E-state index is 12.4. The van der Waals surface area contributed by atoms with E-state index in [0.29, 0.717) is 5.69 Å².